The number of carbonyl (C=O) groups is 1. The summed E-state index contributed by atoms with van der Waals surface area (Å²) >= 11 is 0. The third kappa shape index (κ3) is 2.73. The molecule has 1 saturated heterocycles. The molecule has 0 amide bonds. The van der Waals surface area contributed by atoms with Crippen LogP contribution >= 0.6 is 0 Å². The highest BCUT2D eigenvalue weighted by Crippen LogP contribution is 2.42. The largest absolute Gasteiger partial charge is 0.480 e. The monoisotopic (exact) mass is 279 g/mol. The number of carboxylic acids is 1. The summed E-state index contributed by atoms with van der Waals surface area (Å²) in [6.07, 6.45) is -1.45. The number of aliphatic carboxylic acids is 1. The molecule has 3 nitrogen and oxygen atoms in total. The number of alkyl halides is 3. The van der Waals surface area contributed by atoms with E-state index in [4.69, 9.17) is 0 Å². The molecule has 110 valence electrons. The zero-order chi connectivity index (χ0) is 14.3. The molecule has 0 aromatic heterocycles. The minimum absolute atomic E-state index is 0.0480. The maximum absolute atomic E-state index is 12.8. The molecule has 0 bridgehead atoms. The van der Waals surface area contributed by atoms with Crippen LogP contribution in [0.25, 0.3) is 0 Å². The van der Waals surface area contributed by atoms with Crippen LogP contribution in [0.1, 0.15) is 45.4 Å². The second-order valence-corrected chi connectivity index (χ2v) is 5.93. The third-order valence-electron chi connectivity index (χ3n) is 4.71. The Balaban J connectivity index is 2.11. The topological polar surface area (TPSA) is 40.5 Å². The number of nitrogens with zero attached hydrogens (tertiary/aromatic N) is 1. The number of rotatable bonds is 2. The zero-order valence-electron chi connectivity index (χ0n) is 11.0. The summed E-state index contributed by atoms with van der Waals surface area (Å²) in [5.74, 6) is -2.19. The van der Waals surface area contributed by atoms with E-state index in [2.05, 4.69) is 0 Å². The minimum atomic E-state index is -4.15. The quantitative estimate of drug-likeness (QED) is 0.844. The first kappa shape index (κ1) is 14.6. The van der Waals surface area contributed by atoms with Crippen molar-refractivity contribution in [2.24, 2.45) is 5.92 Å². The SMILES string of the molecule is CC1(C(=O)O)CCCN1C1CCCC(C(F)(F)F)C1. The lowest BCUT2D eigenvalue weighted by molar-refractivity contribution is -0.188. The van der Waals surface area contributed by atoms with Crippen molar-refractivity contribution < 1.29 is 23.1 Å². The number of halogens is 3. The Morgan fingerprint density at radius 2 is 2.00 bits per heavy atom. The Kier molecular flexibility index (Phi) is 3.82. The Hall–Kier alpha value is -0.780. The molecule has 1 aliphatic heterocycles. The van der Waals surface area contributed by atoms with E-state index < -0.39 is 23.6 Å². The van der Waals surface area contributed by atoms with Crippen molar-refractivity contribution in [2.75, 3.05) is 6.54 Å². The molecule has 0 aromatic carbocycles. The predicted molar refractivity (Wildman–Crippen MR) is 63.8 cm³/mol. The summed E-state index contributed by atoms with van der Waals surface area (Å²) in [5.41, 5.74) is -0.988. The van der Waals surface area contributed by atoms with Crippen molar-refractivity contribution >= 4 is 5.97 Å². The summed E-state index contributed by atoms with van der Waals surface area (Å²) in [6.45, 7) is 2.23. The van der Waals surface area contributed by atoms with E-state index in [1.54, 1.807) is 11.8 Å². The molecular formula is C13H20F3NO2. The van der Waals surface area contributed by atoms with Crippen molar-refractivity contribution in [3.63, 3.8) is 0 Å². The number of carboxylic acid groups (broad SMARTS) is 1. The summed E-state index contributed by atoms with van der Waals surface area (Å²) in [7, 11) is 0. The van der Waals surface area contributed by atoms with Crippen LogP contribution in [0.4, 0.5) is 13.2 Å². The van der Waals surface area contributed by atoms with Gasteiger partial charge in [-0.1, -0.05) is 6.42 Å². The summed E-state index contributed by atoms with van der Waals surface area (Å²) in [6, 6.07) is -0.246. The molecule has 1 heterocycles. The molecule has 2 fully saturated rings. The van der Waals surface area contributed by atoms with E-state index in [-0.39, 0.29) is 18.9 Å². The lowest BCUT2D eigenvalue weighted by atomic mass is 9.83. The predicted octanol–water partition coefficient (Wildman–Crippen LogP) is 3.05. The van der Waals surface area contributed by atoms with Crippen LogP contribution in [0.3, 0.4) is 0 Å². The van der Waals surface area contributed by atoms with Crippen LogP contribution in [0.2, 0.25) is 0 Å². The van der Waals surface area contributed by atoms with E-state index in [0.717, 1.165) is 6.42 Å². The lowest BCUT2D eigenvalue weighted by Crippen LogP contribution is -2.54. The second kappa shape index (κ2) is 4.96. The summed E-state index contributed by atoms with van der Waals surface area (Å²) < 4.78 is 38.5. The van der Waals surface area contributed by atoms with Crippen LogP contribution in [0.15, 0.2) is 0 Å². The summed E-state index contributed by atoms with van der Waals surface area (Å²) in [4.78, 5) is 13.2. The fourth-order valence-corrected chi connectivity index (χ4v) is 3.54. The van der Waals surface area contributed by atoms with Gasteiger partial charge in [-0.2, -0.15) is 13.2 Å². The summed E-state index contributed by atoms with van der Waals surface area (Å²) in [5, 5.41) is 9.34. The van der Waals surface area contributed by atoms with E-state index in [0.29, 0.717) is 25.8 Å². The number of likely N-dealkylation sites (tertiary alicyclic amines) is 1. The van der Waals surface area contributed by atoms with Gasteiger partial charge < -0.3 is 5.11 Å². The van der Waals surface area contributed by atoms with Gasteiger partial charge in [0.25, 0.3) is 0 Å². The molecule has 0 radical (unpaired) electrons. The Morgan fingerprint density at radius 1 is 1.32 bits per heavy atom. The van der Waals surface area contributed by atoms with Crippen LogP contribution < -0.4 is 0 Å². The van der Waals surface area contributed by atoms with Crippen molar-refractivity contribution in [3.8, 4) is 0 Å². The molecule has 6 heteroatoms. The maximum atomic E-state index is 12.8. The van der Waals surface area contributed by atoms with E-state index in [1.807, 2.05) is 0 Å². The third-order valence-corrected chi connectivity index (χ3v) is 4.71. The van der Waals surface area contributed by atoms with Gasteiger partial charge in [0, 0.05) is 6.04 Å². The molecule has 2 rings (SSSR count). The number of hydrogen-bond donors (Lipinski definition) is 1. The molecule has 0 aromatic rings. The van der Waals surface area contributed by atoms with Gasteiger partial charge in [-0.15, -0.1) is 0 Å². The van der Waals surface area contributed by atoms with Gasteiger partial charge in [0.2, 0.25) is 0 Å². The van der Waals surface area contributed by atoms with Crippen LogP contribution in [-0.2, 0) is 4.79 Å². The first-order valence-corrected chi connectivity index (χ1v) is 6.82. The molecule has 0 spiro atoms. The molecule has 2 aliphatic rings. The van der Waals surface area contributed by atoms with Crippen molar-refractivity contribution in [3.05, 3.63) is 0 Å². The Bertz CT molecular complexity index is 358. The molecule has 3 unspecified atom stereocenters. The highest BCUT2D eigenvalue weighted by Gasteiger charge is 2.50. The maximum Gasteiger partial charge on any atom is 0.391 e. The van der Waals surface area contributed by atoms with Gasteiger partial charge in [0.05, 0.1) is 5.92 Å². The smallest absolute Gasteiger partial charge is 0.391 e. The molecule has 1 aliphatic carbocycles. The van der Waals surface area contributed by atoms with Gasteiger partial charge in [-0.05, 0) is 45.6 Å². The zero-order valence-corrected chi connectivity index (χ0v) is 11.0. The van der Waals surface area contributed by atoms with Crippen LogP contribution in [-0.4, -0.2) is 40.3 Å². The van der Waals surface area contributed by atoms with Crippen LogP contribution in [0.5, 0.6) is 0 Å². The minimum Gasteiger partial charge on any atom is -0.480 e. The lowest BCUT2D eigenvalue weighted by Gasteiger charge is -2.42. The Labute approximate surface area is 110 Å². The highest BCUT2D eigenvalue weighted by molar-refractivity contribution is 5.78. The fourth-order valence-electron chi connectivity index (χ4n) is 3.54. The van der Waals surface area contributed by atoms with Gasteiger partial charge in [-0.25, -0.2) is 0 Å². The molecular weight excluding hydrogens is 259 g/mol. The molecule has 19 heavy (non-hydrogen) atoms. The highest BCUT2D eigenvalue weighted by atomic mass is 19.4. The molecule has 1 N–H and O–H groups in total. The van der Waals surface area contributed by atoms with Crippen molar-refractivity contribution in [1.29, 1.82) is 0 Å². The number of hydrogen-bond acceptors (Lipinski definition) is 2. The van der Waals surface area contributed by atoms with Crippen LogP contribution in [0, 0.1) is 5.92 Å². The Morgan fingerprint density at radius 3 is 2.58 bits per heavy atom. The molecule has 3 atom stereocenters. The average Bonchev–Trinajstić information content (AvgIpc) is 2.72. The standard InChI is InChI=1S/C13H20F3NO2/c1-12(11(18)19)6-3-7-17(12)10-5-2-4-9(8-10)13(14,15)16/h9-10H,2-8H2,1H3,(H,18,19). The average molecular weight is 279 g/mol. The first-order chi connectivity index (χ1) is 8.75. The first-order valence-electron chi connectivity index (χ1n) is 6.82. The molecule has 1 saturated carbocycles. The van der Waals surface area contributed by atoms with Crippen molar-refractivity contribution in [1.82, 2.24) is 4.90 Å². The van der Waals surface area contributed by atoms with Gasteiger partial charge in [0.1, 0.15) is 5.54 Å². The normalized spacial score (nSPS) is 37.5. The van der Waals surface area contributed by atoms with E-state index in [9.17, 15) is 23.1 Å². The van der Waals surface area contributed by atoms with Crippen molar-refractivity contribution in [2.45, 2.75) is 63.2 Å². The van der Waals surface area contributed by atoms with E-state index in [1.165, 1.54) is 0 Å². The van der Waals surface area contributed by atoms with Gasteiger partial charge >= 0.3 is 12.1 Å². The van der Waals surface area contributed by atoms with E-state index >= 15 is 0 Å². The second-order valence-electron chi connectivity index (χ2n) is 5.93. The van der Waals surface area contributed by atoms with Gasteiger partial charge in [0.15, 0.2) is 0 Å². The fraction of sp³-hybridized carbons (Fsp3) is 0.923. The van der Waals surface area contributed by atoms with Gasteiger partial charge in [-0.3, -0.25) is 9.69 Å².